The van der Waals surface area contributed by atoms with Gasteiger partial charge in [0.25, 0.3) is 5.91 Å². The van der Waals surface area contributed by atoms with Crippen molar-refractivity contribution in [3.05, 3.63) is 11.6 Å². The summed E-state index contributed by atoms with van der Waals surface area (Å²) in [7, 11) is 1.94. The lowest BCUT2D eigenvalue weighted by Gasteiger charge is -2.60. The third-order valence-electron chi connectivity index (χ3n) is 8.23. The molecule has 1 N–H and O–H groups in total. The van der Waals surface area contributed by atoms with E-state index in [0.717, 1.165) is 18.3 Å². The lowest BCUT2D eigenvalue weighted by atomic mass is 9.48. The molecule has 1 amide bonds. The van der Waals surface area contributed by atoms with Crippen LogP contribution >= 0.6 is 0 Å². The van der Waals surface area contributed by atoms with Gasteiger partial charge in [-0.2, -0.15) is 0 Å². The second-order valence-electron chi connectivity index (χ2n) is 9.16. The third-order valence-corrected chi connectivity index (χ3v) is 8.23. The minimum Gasteiger partial charge on any atom is -0.391 e. The lowest BCUT2D eigenvalue weighted by Crippen LogP contribution is -2.60. The Morgan fingerprint density at radius 2 is 1.96 bits per heavy atom. The topological polar surface area (TPSA) is 40.5 Å². The second kappa shape index (κ2) is 5.08. The van der Waals surface area contributed by atoms with E-state index in [2.05, 4.69) is 19.9 Å². The van der Waals surface area contributed by atoms with Crippen LogP contribution in [0.1, 0.15) is 58.8 Å². The van der Waals surface area contributed by atoms with Crippen LogP contribution in [0.25, 0.3) is 0 Å². The molecule has 1 aliphatic heterocycles. The Hall–Kier alpha value is -0.830. The number of likely N-dealkylation sites (N-methyl/N-ethyl adjacent to an activating group) is 1. The Morgan fingerprint density at radius 1 is 1.17 bits per heavy atom. The smallest absolute Gasteiger partial charge is 0.251 e. The van der Waals surface area contributed by atoms with Gasteiger partial charge in [-0.05, 0) is 61.7 Å². The van der Waals surface area contributed by atoms with E-state index in [4.69, 9.17) is 0 Å². The summed E-state index contributed by atoms with van der Waals surface area (Å²) in [5.74, 6) is 2.41. The van der Waals surface area contributed by atoms with Crippen molar-refractivity contribution in [1.82, 2.24) is 4.90 Å². The fraction of sp³-hybridized carbons (Fsp3) is 0.850. The van der Waals surface area contributed by atoms with Crippen LogP contribution < -0.4 is 0 Å². The molecule has 6 atom stereocenters. The molecule has 128 valence electrons. The van der Waals surface area contributed by atoms with Gasteiger partial charge in [-0.3, -0.25) is 4.79 Å². The van der Waals surface area contributed by atoms with Gasteiger partial charge < -0.3 is 10.0 Å². The van der Waals surface area contributed by atoms with Gasteiger partial charge in [0.1, 0.15) is 0 Å². The first-order valence-electron chi connectivity index (χ1n) is 9.50. The van der Waals surface area contributed by atoms with Gasteiger partial charge in [0, 0.05) is 24.1 Å². The molecule has 1 heterocycles. The first-order valence-corrected chi connectivity index (χ1v) is 9.50. The number of fused-ring (bicyclic) bond motifs is 5. The molecule has 0 aromatic heterocycles. The molecule has 4 aliphatic rings. The van der Waals surface area contributed by atoms with E-state index >= 15 is 0 Å². The molecule has 3 fully saturated rings. The summed E-state index contributed by atoms with van der Waals surface area (Å²) in [6.07, 6.45) is 11.5. The summed E-state index contributed by atoms with van der Waals surface area (Å²) in [6, 6.07) is 0.317. The van der Waals surface area contributed by atoms with Gasteiger partial charge in [0.2, 0.25) is 0 Å². The maximum absolute atomic E-state index is 12.4. The Labute approximate surface area is 140 Å². The Morgan fingerprint density at radius 3 is 2.70 bits per heavy atom. The van der Waals surface area contributed by atoms with Crippen LogP contribution in [0, 0.1) is 28.6 Å². The average molecular weight is 317 g/mol. The summed E-state index contributed by atoms with van der Waals surface area (Å²) in [5, 5.41) is 9.66. The first-order chi connectivity index (χ1) is 10.9. The van der Waals surface area contributed by atoms with Crippen LogP contribution in [0.5, 0.6) is 0 Å². The minimum atomic E-state index is -0.121. The normalized spacial score (nSPS) is 49.3. The van der Waals surface area contributed by atoms with E-state index in [0.29, 0.717) is 22.9 Å². The van der Waals surface area contributed by atoms with Gasteiger partial charge in [-0.1, -0.05) is 26.3 Å². The van der Waals surface area contributed by atoms with Gasteiger partial charge >= 0.3 is 0 Å². The molecular weight excluding hydrogens is 286 g/mol. The maximum Gasteiger partial charge on any atom is 0.251 e. The molecule has 0 bridgehead atoms. The van der Waals surface area contributed by atoms with Crippen molar-refractivity contribution in [2.45, 2.75) is 64.8 Å². The molecule has 3 nitrogen and oxygen atoms in total. The van der Waals surface area contributed by atoms with Crippen molar-refractivity contribution in [3.8, 4) is 0 Å². The highest BCUT2D eigenvalue weighted by Crippen LogP contribution is 2.64. The number of hydrogen-bond donors (Lipinski definition) is 1. The second-order valence-corrected chi connectivity index (χ2v) is 9.16. The quantitative estimate of drug-likeness (QED) is 0.805. The van der Waals surface area contributed by atoms with Gasteiger partial charge in [-0.25, -0.2) is 0 Å². The fourth-order valence-corrected chi connectivity index (χ4v) is 7.10. The van der Waals surface area contributed by atoms with E-state index < -0.39 is 0 Å². The summed E-state index contributed by atoms with van der Waals surface area (Å²) >= 11 is 0. The zero-order valence-corrected chi connectivity index (χ0v) is 14.8. The molecule has 0 spiro atoms. The van der Waals surface area contributed by atoms with Crippen molar-refractivity contribution in [2.24, 2.45) is 28.6 Å². The van der Waals surface area contributed by atoms with Gasteiger partial charge in [0.15, 0.2) is 0 Å². The monoisotopic (exact) mass is 317 g/mol. The summed E-state index contributed by atoms with van der Waals surface area (Å²) in [5.41, 5.74) is 1.24. The van der Waals surface area contributed by atoms with Crippen LogP contribution in [0.15, 0.2) is 11.6 Å². The van der Waals surface area contributed by atoms with Crippen molar-refractivity contribution >= 4 is 5.91 Å². The number of carbonyl (C=O) groups excluding carboxylic acids is 1. The largest absolute Gasteiger partial charge is 0.391 e. The molecule has 0 radical (unpaired) electrons. The van der Waals surface area contributed by atoms with E-state index in [-0.39, 0.29) is 17.9 Å². The standard InChI is InChI=1S/C20H31NO2/c1-19-9-4-5-15(19)14-6-7-17-20(2,16(14)8-10-19)11-13(12-22)18(23)21(17)3/h11,14-17,22H,4-10,12H2,1-3H3/t14-,15-,16+,17?,19-,20+/m0/s1. The third kappa shape index (κ3) is 2.01. The van der Waals surface area contributed by atoms with Crippen molar-refractivity contribution in [2.75, 3.05) is 13.7 Å². The molecular formula is C20H31NO2. The number of nitrogens with zero attached hydrogens (tertiary/aromatic N) is 1. The van der Waals surface area contributed by atoms with E-state index in [1.54, 1.807) is 0 Å². The molecule has 3 aliphatic carbocycles. The van der Waals surface area contributed by atoms with Gasteiger partial charge in [0.05, 0.1) is 6.61 Å². The first kappa shape index (κ1) is 15.7. The highest BCUT2D eigenvalue weighted by atomic mass is 16.3. The van der Waals surface area contributed by atoms with Crippen molar-refractivity contribution in [3.63, 3.8) is 0 Å². The molecule has 23 heavy (non-hydrogen) atoms. The summed E-state index contributed by atoms with van der Waals surface area (Å²) < 4.78 is 0. The zero-order chi connectivity index (χ0) is 16.4. The molecule has 3 saturated carbocycles. The Balaban J connectivity index is 1.73. The van der Waals surface area contributed by atoms with Crippen LogP contribution in [0.2, 0.25) is 0 Å². The molecule has 0 aromatic rings. The minimum absolute atomic E-state index is 0.0370. The van der Waals surface area contributed by atoms with Crippen molar-refractivity contribution < 1.29 is 9.90 Å². The molecule has 4 rings (SSSR count). The summed E-state index contributed by atoms with van der Waals surface area (Å²) in [4.78, 5) is 14.4. The predicted molar refractivity (Wildman–Crippen MR) is 90.7 cm³/mol. The maximum atomic E-state index is 12.4. The van der Waals surface area contributed by atoms with E-state index in [1.807, 2.05) is 11.9 Å². The predicted octanol–water partition coefficient (Wildman–Crippen LogP) is 3.38. The Kier molecular flexibility index (Phi) is 3.46. The van der Waals surface area contributed by atoms with Crippen LogP contribution in [-0.2, 0) is 4.79 Å². The highest BCUT2D eigenvalue weighted by molar-refractivity contribution is 5.95. The lowest BCUT2D eigenvalue weighted by molar-refractivity contribution is -0.140. The molecule has 1 unspecified atom stereocenters. The van der Waals surface area contributed by atoms with Crippen LogP contribution in [0.3, 0.4) is 0 Å². The fourth-order valence-electron chi connectivity index (χ4n) is 7.10. The van der Waals surface area contributed by atoms with Gasteiger partial charge in [-0.15, -0.1) is 0 Å². The Bertz CT molecular complexity index is 556. The number of amides is 1. The number of hydrogen-bond acceptors (Lipinski definition) is 2. The number of rotatable bonds is 1. The summed E-state index contributed by atoms with van der Waals surface area (Å²) in [6.45, 7) is 4.77. The number of aliphatic hydroxyl groups excluding tert-OH is 1. The highest BCUT2D eigenvalue weighted by Gasteiger charge is 2.58. The number of carbonyl (C=O) groups is 1. The SMILES string of the molecule is CN1C(=O)C(CO)=C[C@@]2(C)C1CC[C@@H]1[C@H]2CC[C@]2(C)CCC[C@@H]12. The van der Waals surface area contributed by atoms with E-state index in [9.17, 15) is 9.90 Å². The zero-order valence-electron chi connectivity index (χ0n) is 14.8. The van der Waals surface area contributed by atoms with Crippen LogP contribution in [0.4, 0.5) is 0 Å². The number of aliphatic hydroxyl groups is 1. The average Bonchev–Trinajstić information content (AvgIpc) is 2.92. The molecule has 3 heteroatoms. The van der Waals surface area contributed by atoms with Crippen molar-refractivity contribution in [1.29, 1.82) is 0 Å². The van der Waals surface area contributed by atoms with Crippen LogP contribution in [-0.4, -0.2) is 35.6 Å². The molecule has 0 saturated heterocycles. The van der Waals surface area contributed by atoms with E-state index in [1.165, 1.54) is 38.5 Å². The molecule has 0 aromatic carbocycles.